The normalized spacial score (nSPS) is 23.9. The maximum absolute atomic E-state index is 6.17. The first-order valence-corrected chi connectivity index (χ1v) is 11.4. The predicted octanol–water partition coefficient (Wildman–Crippen LogP) is 3.03. The molecule has 1 spiro atoms. The second-order valence-corrected chi connectivity index (χ2v) is 9.00. The van der Waals surface area contributed by atoms with Crippen LogP contribution in [0.3, 0.4) is 0 Å². The van der Waals surface area contributed by atoms with Crippen LogP contribution in [0.15, 0.2) is 35.3 Å². The van der Waals surface area contributed by atoms with E-state index >= 15 is 0 Å². The zero-order valence-electron chi connectivity index (χ0n) is 17.6. The smallest absolute Gasteiger partial charge is 0.192 e. The Morgan fingerprint density at radius 1 is 1.33 bits per heavy atom. The van der Waals surface area contributed by atoms with Crippen molar-refractivity contribution >= 4 is 41.7 Å². The lowest BCUT2D eigenvalue weighted by molar-refractivity contribution is -0.0679. The van der Waals surface area contributed by atoms with Crippen molar-refractivity contribution in [3.8, 4) is 0 Å². The molecule has 0 bridgehead atoms. The molecule has 2 unspecified atom stereocenters. The summed E-state index contributed by atoms with van der Waals surface area (Å²) >= 11 is 2.00. The maximum Gasteiger partial charge on any atom is 0.192 e. The molecule has 164 valence electrons. The quantitative estimate of drug-likeness (QED) is 0.344. The summed E-state index contributed by atoms with van der Waals surface area (Å²) < 4.78 is 8.17. The highest BCUT2D eigenvalue weighted by atomic mass is 127. The maximum atomic E-state index is 6.17. The topological polar surface area (TPSA) is 76.4 Å². The number of nitrogens with zero attached hydrogens (tertiary/aromatic N) is 4. The van der Waals surface area contributed by atoms with E-state index in [0.717, 1.165) is 49.2 Å². The molecule has 2 N–H and O–H groups in total. The predicted molar refractivity (Wildman–Crippen MR) is 132 cm³/mol. The number of hydrogen-bond acceptors (Lipinski definition) is 5. The molecule has 7 nitrogen and oxygen atoms in total. The Morgan fingerprint density at radius 2 is 2.17 bits per heavy atom. The van der Waals surface area contributed by atoms with E-state index in [4.69, 9.17) is 9.73 Å². The number of benzene rings is 1. The van der Waals surface area contributed by atoms with Crippen LogP contribution in [0.25, 0.3) is 0 Å². The lowest BCUT2D eigenvalue weighted by atomic mass is 9.90. The molecule has 4 rings (SSSR count). The van der Waals surface area contributed by atoms with Gasteiger partial charge in [0.2, 0.25) is 0 Å². The van der Waals surface area contributed by atoms with Gasteiger partial charge in [0.25, 0.3) is 0 Å². The van der Waals surface area contributed by atoms with Crippen molar-refractivity contribution in [1.29, 1.82) is 0 Å². The van der Waals surface area contributed by atoms with Gasteiger partial charge >= 0.3 is 0 Å². The molecule has 2 saturated heterocycles. The van der Waals surface area contributed by atoms with Crippen LogP contribution < -0.4 is 10.6 Å². The Balaban J connectivity index is 0.00000256. The highest BCUT2D eigenvalue weighted by Gasteiger charge is 2.40. The molecule has 0 amide bonds. The van der Waals surface area contributed by atoms with E-state index in [2.05, 4.69) is 33.0 Å². The molecule has 2 aliphatic rings. The van der Waals surface area contributed by atoms with E-state index in [9.17, 15) is 0 Å². The molecule has 2 fully saturated rings. The summed E-state index contributed by atoms with van der Waals surface area (Å²) in [6, 6.07) is 10.7. The molecular formula is C21H31IN6OS. The zero-order chi connectivity index (χ0) is 20.1. The third-order valence-electron chi connectivity index (χ3n) is 5.76. The molecule has 2 atom stereocenters. The van der Waals surface area contributed by atoms with E-state index in [0.29, 0.717) is 19.1 Å². The van der Waals surface area contributed by atoms with Crippen molar-refractivity contribution in [3.05, 3.63) is 47.5 Å². The van der Waals surface area contributed by atoms with E-state index in [1.165, 1.54) is 11.3 Å². The van der Waals surface area contributed by atoms with Crippen molar-refractivity contribution in [1.82, 2.24) is 25.4 Å². The van der Waals surface area contributed by atoms with E-state index in [1.54, 1.807) is 0 Å². The van der Waals surface area contributed by atoms with Gasteiger partial charge in [0.1, 0.15) is 5.82 Å². The SMILES string of the molecule is Cc1nnc(CNC(=NCc2ccccc2)NC2CCOC3(CCSC3)C2)n1C.I. The first-order valence-electron chi connectivity index (χ1n) is 10.3. The molecule has 3 heterocycles. The Hall–Kier alpha value is -1.33. The van der Waals surface area contributed by atoms with Crippen LogP contribution in [0.5, 0.6) is 0 Å². The van der Waals surface area contributed by atoms with Gasteiger partial charge in [-0.2, -0.15) is 11.8 Å². The monoisotopic (exact) mass is 542 g/mol. The second kappa shape index (κ2) is 10.8. The molecule has 0 saturated carbocycles. The van der Waals surface area contributed by atoms with Gasteiger partial charge < -0.3 is 19.9 Å². The fraction of sp³-hybridized carbons (Fsp3) is 0.571. The lowest BCUT2D eigenvalue weighted by Crippen LogP contribution is -2.51. The molecule has 9 heteroatoms. The lowest BCUT2D eigenvalue weighted by Gasteiger charge is -2.38. The van der Waals surface area contributed by atoms with Crippen LogP contribution in [-0.2, 0) is 24.9 Å². The fourth-order valence-corrected chi connectivity index (χ4v) is 5.26. The van der Waals surface area contributed by atoms with E-state index < -0.39 is 0 Å². The van der Waals surface area contributed by atoms with Gasteiger partial charge in [0.05, 0.1) is 18.7 Å². The van der Waals surface area contributed by atoms with Gasteiger partial charge in [-0.3, -0.25) is 0 Å². The van der Waals surface area contributed by atoms with Crippen LogP contribution in [0.4, 0.5) is 0 Å². The van der Waals surface area contributed by atoms with Gasteiger partial charge in [0, 0.05) is 25.4 Å². The summed E-state index contributed by atoms with van der Waals surface area (Å²) in [6.07, 6.45) is 3.19. The minimum atomic E-state index is 0. The number of aromatic nitrogens is 3. The Labute approximate surface area is 199 Å². The van der Waals surface area contributed by atoms with E-state index in [-0.39, 0.29) is 29.6 Å². The van der Waals surface area contributed by atoms with Crippen molar-refractivity contribution in [2.24, 2.45) is 12.0 Å². The first-order chi connectivity index (χ1) is 14.1. The van der Waals surface area contributed by atoms with Crippen LogP contribution in [-0.4, -0.2) is 50.5 Å². The molecule has 1 aromatic heterocycles. The summed E-state index contributed by atoms with van der Waals surface area (Å²) in [4.78, 5) is 4.85. The third kappa shape index (κ3) is 5.88. The highest BCUT2D eigenvalue weighted by Crippen LogP contribution is 2.38. The van der Waals surface area contributed by atoms with E-state index in [1.807, 2.05) is 48.5 Å². The summed E-state index contributed by atoms with van der Waals surface area (Å²) in [5.74, 6) is 4.93. The number of nitrogens with one attached hydrogen (secondary N) is 2. The van der Waals surface area contributed by atoms with Crippen LogP contribution >= 0.6 is 35.7 Å². The average Bonchev–Trinajstić information content (AvgIpc) is 3.32. The van der Waals surface area contributed by atoms with Crippen molar-refractivity contribution in [3.63, 3.8) is 0 Å². The number of guanidine groups is 1. The summed E-state index contributed by atoms with van der Waals surface area (Å²) in [6.45, 7) is 3.99. The number of halogens is 1. The molecule has 1 aromatic carbocycles. The van der Waals surface area contributed by atoms with Gasteiger partial charge in [-0.25, -0.2) is 4.99 Å². The molecule has 2 aromatic rings. The number of ether oxygens (including phenoxy) is 1. The Kier molecular flexibility index (Phi) is 8.41. The molecule has 0 radical (unpaired) electrons. The Morgan fingerprint density at radius 3 is 2.87 bits per heavy atom. The van der Waals surface area contributed by atoms with Gasteiger partial charge in [0.15, 0.2) is 11.8 Å². The molecule has 0 aliphatic carbocycles. The fourth-order valence-electron chi connectivity index (χ4n) is 3.88. The second-order valence-electron chi connectivity index (χ2n) is 7.89. The van der Waals surface area contributed by atoms with Crippen molar-refractivity contribution in [2.45, 2.75) is 50.9 Å². The third-order valence-corrected chi connectivity index (χ3v) is 6.98. The minimum Gasteiger partial charge on any atom is -0.374 e. The molecule has 2 aliphatic heterocycles. The standard InChI is InChI=1S/C21H30N6OS.HI/c1-16-25-26-19(27(16)2)14-23-20(22-13-17-6-4-3-5-7-17)24-18-8-10-28-21(12-18)9-11-29-15-21;/h3-7,18H,8-15H2,1-2H3,(H2,22,23,24);1H. The number of aliphatic imine (C=N–C) groups is 1. The van der Waals surface area contributed by atoms with Gasteiger partial charge in [-0.1, -0.05) is 30.3 Å². The first kappa shape index (κ1) is 23.3. The highest BCUT2D eigenvalue weighted by molar-refractivity contribution is 14.0. The summed E-state index contributed by atoms with van der Waals surface area (Å²) in [5.41, 5.74) is 1.24. The Bertz CT molecular complexity index is 837. The molecular weight excluding hydrogens is 511 g/mol. The summed E-state index contributed by atoms with van der Waals surface area (Å²) in [7, 11) is 1.99. The number of rotatable bonds is 5. The summed E-state index contributed by atoms with van der Waals surface area (Å²) in [5, 5.41) is 15.5. The largest absolute Gasteiger partial charge is 0.374 e. The van der Waals surface area contributed by atoms with Crippen LogP contribution in [0, 0.1) is 6.92 Å². The minimum absolute atomic E-state index is 0. The number of hydrogen-bond donors (Lipinski definition) is 2. The average molecular weight is 542 g/mol. The number of thioether (sulfide) groups is 1. The number of aryl methyl sites for hydroxylation is 1. The van der Waals surface area contributed by atoms with Gasteiger partial charge in [-0.05, 0) is 37.5 Å². The van der Waals surface area contributed by atoms with Crippen molar-refractivity contribution < 1.29 is 4.74 Å². The van der Waals surface area contributed by atoms with Crippen LogP contribution in [0.2, 0.25) is 0 Å². The van der Waals surface area contributed by atoms with Crippen LogP contribution in [0.1, 0.15) is 36.5 Å². The molecule has 30 heavy (non-hydrogen) atoms. The van der Waals surface area contributed by atoms with Gasteiger partial charge in [-0.15, -0.1) is 34.2 Å². The zero-order valence-corrected chi connectivity index (χ0v) is 20.8. The van der Waals surface area contributed by atoms with Crippen molar-refractivity contribution in [2.75, 3.05) is 18.1 Å².